The van der Waals surface area contributed by atoms with Crippen LogP contribution >= 0.6 is 0 Å². The Bertz CT molecular complexity index is 1760. The average molecular weight is 708 g/mol. The molecule has 3 aliphatic rings. The van der Waals surface area contributed by atoms with Crippen LogP contribution in [0.4, 0.5) is 0 Å². The van der Waals surface area contributed by atoms with Gasteiger partial charge < -0.3 is 25.8 Å². The smallest absolute Gasteiger partial charge is 0.227 e. The molecule has 1 aliphatic carbocycles. The molecule has 1 fully saturated rings. The Balaban J connectivity index is 1.06. The summed E-state index contributed by atoms with van der Waals surface area (Å²) < 4.78 is 6.16. The molecule has 276 valence electrons. The highest BCUT2D eigenvalue weighted by atomic mass is 16.5. The maximum absolute atomic E-state index is 12.5. The second-order valence-electron chi connectivity index (χ2n) is 14.8. The fourth-order valence-corrected chi connectivity index (χ4v) is 8.07. The monoisotopic (exact) mass is 707 g/mol. The molecule has 9 heteroatoms. The molecule has 4 unspecified atom stereocenters. The van der Waals surface area contributed by atoms with Crippen LogP contribution in [0, 0.1) is 0 Å². The van der Waals surface area contributed by atoms with Crippen LogP contribution in [0.5, 0.6) is 11.5 Å². The lowest BCUT2D eigenvalue weighted by molar-refractivity contribution is -0.855. The number of rotatable bonds is 19. The van der Waals surface area contributed by atoms with Crippen molar-refractivity contribution in [2.45, 2.75) is 101 Å². The number of phenols is 1. The zero-order chi connectivity index (χ0) is 36.5. The van der Waals surface area contributed by atoms with Crippen molar-refractivity contribution in [1.29, 1.82) is 0 Å². The van der Waals surface area contributed by atoms with Gasteiger partial charge in [0, 0.05) is 36.6 Å². The number of carbonyl (C=O) groups is 1. The molecule has 0 radical (unpaired) electrons. The van der Waals surface area contributed by atoms with Gasteiger partial charge in [-0.1, -0.05) is 86.8 Å². The first-order valence-electron chi connectivity index (χ1n) is 19.0. The minimum absolute atomic E-state index is 0.0299. The number of hydrogen-bond acceptors (Lipinski definition) is 8. The summed E-state index contributed by atoms with van der Waals surface area (Å²) in [7, 11) is 0. The normalized spacial score (nSPS) is 19.4. The number of carbonyl (C=O) groups excluding carboxylic acids is 1. The van der Waals surface area contributed by atoms with Gasteiger partial charge in [-0.25, -0.2) is 0 Å². The molecule has 0 bridgehead atoms. The van der Waals surface area contributed by atoms with Crippen molar-refractivity contribution < 1.29 is 29.8 Å². The van der Waals surface area contributed by atoms with E-state index in [2.05, 4.69) is 66.3 Å². The fraction of sp³-hybridized carbons (Fsp3) is 0.442. The third-order valence-corrected chi connectivity index (χ3v) is 10.9. The number of aliphatic imine (C=N–C) groups is 1. The van der Waals surface area contributed by atoms with Crippen LogP contribution in [0.25, 0.3) is 0 Å². The SMILES string of the molecule is CCCC(O)CC(O)CC(=O)CCc1ccc(O)c(OC[NH+]2C=C3N=CC(C4(c5cccc(C(N)NCCc6ccccc6)c5)CCCC4)=C3C2)c1. The number of fused-ring (bicyclic) bond motifs is 1. The van der Waals surface area contributed by atoms with Gasteiger partial charge in [-0.15, -0.1) is 0 Å². The number of hydrogen-bond donors (Lipinski definition) is 6. The molecule has 3 aromatic rings. The predicted molar refractivity (Wildman–Crippen MR) is 204 cm³/mol. The van der Waals surface area contributed by atoms with Crippen molar-refractivity contribution in [1.82, 2.24) is 5.32 Å². The molecule has 2 aliphatic heterocycles. The van der Waals surface area contributed by atoms with Crippen LogP contribution in [0.1, 0.15) is 93.1 Å². The number of quaternary nitrogens is 1. The summed E-state index contributed by atoms with van der Waals surface area (Å²) in [6.45, 7) is 3.85. The number of aryl methyl sites for hydroxylation is 1. The number of phenolic OH excluding ortho intramolecular Hbond substituents is 1. The van der Waals surface area contributed by atoms with Crippen LogP contribution in [0.15, 0.2) is 101 Å². The van der Waals surface area contributed by atoms with E-state index in [1.807, 2.05) is 13.0 Å². The number of nitrogens with two attached hydrogens (primary N) is 1. The second kappa shape index (κ2) is 17.6. The summed E-state index contributed by atoms with van der Waals surface area (Å²) >= 11 is 0. The highest BCUT2D eigenvalue weighted by molar-refractivity contribution is 5.90. The molecule has 0 saturated heterocycles. The van der Waals surface area contributed by atoms with Crippen molar-refractivity contribution in [3.63, 3.8) is 0 Å². The summed E-state index contributed by atoms with van der Waals surface area (Å²) in [5, 5.41) is 34.2. The second-order valence-corrected chi connectivity index (χ2v) is 14.8. The van der Waals surface area contributed by atoms with Gasteiger partial charge in [0.25, 0.3) is 0 Å². The van der Waals surface area contributed by atoms with E-state index in [4.69, 9.17) is 15.5 Å². The molecule has 4 atom stereocenters. The maximum atomic E-state index is 12.5. The molecule has 0 aromatic heterocycles. The van der Waals surface area contributed by atoms with E-state index in [0.29, 0.717) is 25.3 Å². The molecule has 0 spiro atoms. The van der Waals surface area contributed by atoms with E-state index in [9.17, 15) is 20.1 Å². The predicted octanol–water partition coefficient (Wildman–Crippen LogP) is 4.95. The Labute approximate surface area is 307 Å². The first kappa shape index (κ1) is 37.6. The van der Waals surface area contributed by atoms with E-state index < -0.39 is 12.2 Å². The van der Waals surface area contributed by atoms with Gasteiger partial charge in [-0.05, 0) is 78.5 Å². The molecule has 1 saturated carbocycles. The molecule has 52 heavy (non-hydrogen) atoms. The molecule has 9 nitrogen and oxygen atoms in total. The van der Waals surface area contributed by atoms with Gasteiger partial charge in [0.05, 0.1) is 18.4 Å². The number of aromatic hydroxyl groups is 1. The number of ketones is 1. The first-order valence-corrected chi connectivity index (χ1v) is 19.0. The number of benzene rings is 3. The largest absolute Gasteiger partial charge is 0.504 e. The van der Waals surface area contributed by atoms with Gasteiger partial charge in [-0.3, -0.25) is 20.0 Å². The van der Waals surface area contributed by atoms with E-state index in [1.165, 1.54) is 35.1 Å². The Morgan fingerprint density at radius 3 is 2.60 bits per heavy atom. The van der Waals surface area contributed by atoms with Gasteiger partial charge in [0.1, 0.15) is 24.2 Å². The van der Waals surface area contributed by atoms with Crippen molar-refractivity contribution in [3.05, 3.63) is 118 Å². The van der Waals surface area contributed by atoms with E-state index >= 15 is 0 Å². The van der Waals surface area contributed by atoms with Crippen molar-refractivity contribution in [3.8, 4) is 11.5 Å². The fourth-order valence-electron chi connectivity index (χ4n) is 8.07. The lowest BCUT2D eigenvalue weighted by atomic mass is 9.71. The lowest BCUT2D eigenvalue weighted by Crippen LogP contribution is -3.07. The third kappa shape index (κ3) is 9.26. The maximum Gasteiger partial charge on any atom is 0.227 e. The van der Waals surface area contributed by atoms with Crippen molar-refractivity contribution in [2.75, 3.05) is 19.8 Å². The summed E-state index contributed by atoms with van der Waals surface area (Å²) in [6.07, 6.45) is 10.3. The number of nitrogens with one attached hydrogen (secondary N) is 2. The molecular weight excluding hydrogens is 652 g/mol. The van der Waals surface area contributed by atoms with E-state index in [0.717, 1.165) is 60.5 Å². The van der Waals surface area contributed by atoms with E-state index in [-0.39, 0.29) is 42.4 Å². The zero-order valence-electron chi connectivity index (χ0n) is 30.4. The molecule has 3 aromatic carbocycles. The summed E-state index contributed by atoms with van der Waals surface area (Å²) in [5.41, 5.74) is 14.7. The standard InChI is InChI=1S/C43H54N4O5/c1-2-9-34(48)24-36(50)25-35(49)16-14-31-15-17-40(51)41(22-31)52-29-47-27-37-38(26-46-39(37)28-47)43(19-6-7-20-43)33-13-8-12-32(23-33)42(44)45-21-18-30-10-4-3-5-11-30/h3-5,8,10-13,15,17,22-23,26,28,34,36,42,45,48,50-51H,2,6-7,9,14,16,18-21,24-25,27,29,44H2,1H3/p+1. The molecule has 7 N–H and O–H groups in total. The van der Waals surface area contributed by atoms with Crippen LogP contribution in [-0.4, -0.2) is 59.3 Å². The number of aliphatic hydroxyl groups excluding tert-OH is 2. The highest BCUT2D eigenvalue weighted by Gasteiger charge is 2.44. The van der Waals surface area contributed by atoms with Gasteiger partial charge in [0.15, 0.2) is 11.5 Å². The number of ether oxygens (including phenoxy) is 1. The van der Waals surface area contributed by atoms with Crippen LogP contribution in [-0.2, 0) is 23.1 Å². The lowest BCUT2D eigenvalue weighted by Gasteiger charge is -2.32. The number of aliphatic hydroxyl groups is 2. The molecule has 0 amide bonds. The Morgan fingerprint density at radius 2 is 1.81 bits per heavy atom. The van der Waals surface area contributed by atoms with Gasteiger partial charge >= 0.3 is 0 Å². The number of Topliss-reactive ketones (excluding diaryl/α,β-unsaturated/α-hetero) is 1. The summed E-state index contributed by atoms with van der Waals surface area (Å²) in [5.74, 6) is 0.379. The Morgan fingerprint density at radius 1 is 1.00 bits per heavy atom. The minimum atomic E-state index is -0.838. The van der Waals surface area contributed by atoms with Crippen molar-refractivity contribution in [2.24, 2.45) is 10.7 Å². The summed E-state index contributed by atoms with van der Waals surface area (Å²) in [4.78, 5) is 18.5. The van der Waals surface area contributed by atoms with Gasteiger partial charge in [0.2, 0.25) is 6.73 Å². The Hall–Kier alpha value is -4.12. The molecule has 2 heterocycles. The third-order valence-electron chi connectivity index (χ3n) is 10.9. The van der Waals surface area contributed by atoms with Crippen molar-refractivity contribution >= 4 is 12.0 Å². The quantitative estimate of drug-likeness (QED) is 0.0969. The topological polar surface area (TPSA) is 142 Å². The van der Waals surface area contributed by atoms with Crippen LogP contribution < -0.4 is 20.7 Å². The highest BCUT2D eigenvalue weighted by Crippen LogP contribution is 2.49. The summed E-state index contributed by atoms with van der Waals surface area (Å²) in [6, 6.07) is 24.4. The van der Waals surface area contributed by atoms with Crippen LogP contribution in [0.3, 0.4) is 0 Å². The molecule has 6 rings (SSSR count). The first-order chi connectivity index (χ1) is 25.2. The van der Waals surface area contributed by atoms with E-state index in [1.54, 1.807) is 18.2 Å². The minimum Gasteiger partial charge on any atom is -0.504 e. The van der Waals surface area contributed by atoms with Gasteiger partial charge in [-0.2, -0.15) is 0 Å². The Kier molecular flexibility index (Phi) is 12.7. The molecular formula is C43H55N4O5+. The van der Waals surface area contributed by atoms with Crippen LogP contribution in [0.2, 0.25) is 0 Å². The average Bonchev–Trinajstić information content (AvgIpc) is 3.89. The number of allylic oxidation sites excluding steroid dienone is 1. The number of nitrogens with zero attached hydrogens (tertiary/aromatic N) is 1. The zero-order valence-corrected chi connectivity index (χ0v) is 30.4.